The molecule has 1 aliphatic carbocycles. The summed E-state index contributed by atoms with van der Waals surface area (Å²) in [5, 5.41) is 2.88. The van der Waals surface area contributed by atoms with Gasteiger partial charge in [-0.1, -0.05) is 12.1 Å². The molecule has 1 fully saturated rings. The largest absolute Gasteiger partial charge is 0.370 e. The van der Waals surface area contributed by atoms with Gasteiger partial charge in [-0.05, 0) is 37.0 Å². The van der Waals surface area contributed by atoms with Crippen molar-refractivity contribution in [2.24, 2.45) is 11.5 Å². The van der Waals surface area contributed by atoms with Gasteiger partial charge in [0.25, 0.3) is 0 Å². The molecule has 2 rings (SSSR count). The molecule has 2 amide bonds. The summed E-state index contributed by atoms with van der Waals surface area (Å²) in [7, 11) is 0. The molecule has 0 unspecified atom stereocenters. The van der Waals surface area contributed by atoms with Crippen molar-refractivity contribution in [3.8, 4) is 0 Å². The number of carbonyl (C=O) groups is 2. The van der Waals surface area contributed by atoms with Crippen molar-refractivity contribution in [1.82, 2.24) is 5.32 Å². The van der Waals surface area contributed by atoms with Crippen LogP contribution in [0.2, 0.25) is 0 Å². The van der Waals surface area contributed by atoms with Gasteiger partial charge in [0, 0.05) is 0 Å². The second kappa shape index (κ2) is 5.58. The normalized spacial score (nSPS) is 17.9. The Morgan fingerprint density at radius 1 is 1.30 bits per heavy atom. The van der Waals surface area contributed by atoms with Gasteiger partial charge in [0.2, 0.25) is 11.8 Å². The summed E-state index contributed by atoms with van der Waals surface area (Å²) in [4.78, 5) is 22.8. The van der Waals surface area contributed by atoms with Crippen molar-refractivity contribution in [3.63, 3.8) is 0 Å². The summed E-state index contributed by atoms with van der Waals surface area (Å²) >= 11 is 0. The van der Waals surface area contributed by atoms with Crippen LogP contribution >= 0.6 is 0 Å². The molecule has 0 saturated heterocycles. The fourth-order valence-electron chi connectivity index (χ4n) is 2.42. The van der Waals surface area contributed by atoms with Crippen LogP contribution in [0.3, 0.4) is 0 Å². The quantitative estimate of drug-likeness (QED) is 0.733. The SMILES string of the molecule is NC(=O)C[C@H](N)C(=O)NC1(c2ccc(F)cc2)CCC1. The van der Waals surface area contributed by atoms with Crippen LogP contribution in [-0.4, -0.2) is 17.9 Å². The first-order valence-corrected chi connectivity index (χ1v) is 6.55. The monoisotopic (exact) mass is 279 g/mol. The fraction of sp³-hybridized carbons (Fsp3) is 0.429. The average molecular weight is 279 g/mol. The average Bonchev–Trinajstić information content (AvgIpc) is 2.34. The molecule has 20 heavy (non-hydrogen) atoms. The number of hydrogen-bond acceptors (Lipinski definition) is 3. The predicted molar refractivity (Wildman–Crippen MR) is 71.9 cm³/mol. The lowest BCUT2D eigenvalue weighted by Crippen LogP contribution is -2.55. The minimum absolute atomic E-state index is 0.189. The number of halogens is 1. The Balaban J connectivity index is 2.10. The van der Waals surface area contributed by atoms with Gasteiger partial charge in [-0.3, -0.25) is 9.59 Å². The van der Waals surface area contributed by atoms with Gasteiger partial charge in [0.05, 0.1) is 18.0 Å². The van der Waals surface area contributed by atoms with Crippen molar-refractivity contribution < 1.29 is 14.0 Å². The molecule has 0 aromatic heterocycles. The van der Waals surface area contributed by atoms with Gasteiger partial charge >= 0.3 is 0 Å². The lowest BCUT2D eigenvalue weighted by atomic mass is 9.71. The number of nitrogens with two attached hydrogens (primary N) is 2. The van der Waals surface area contributed by atoms with Crippen LogP contribution < -0.4 is 16.8 Å². The molecule has 0 radical (unpaired) electrons. The molecule has 6 heteroatoms. The number of nitrogens with one attached hydrogen (secondary N) is 1. The van der Waals surface area contributed by atoms with Crippen molar-refractivity contribution >= 4 is 11.8 Å². The molecule has 0 spiro atoms. The lowest BCUT2D eigenvalue weighted by Gasteiger charge is -2.43. The first-order valence-electron chi connectivity index (χ1n) is 6.55. The summed E-state index contributed by atoms with van der Waals surface area (Å²) in [6, 6.07) is 5.10. The van der Waals surface area contributed by atoms with Crippen LogP contribution in [0, 0.1) is 5.82 Å². The first kappa shape index (κ1) is 14.5. The molecule has 0 heterocycles. The molecular weight excluding hydrogens is 261 g/mol. The van der Waals surface area contributed by atoms with Crippen molar-refractivity contribution in [3.05, 3.63) is 35.6 Å². The molecular formula is C14H18FN3O2. The lowest BCUT2D eigenvalue weighted by molar-refractivity contribution is -0.128. The van der Waals surface area contributed by atoms with Crippen molar-refractivity contribution in [2.75, 3.05) is 0 Å². The van der Waals surface area contributed by atoms with Crippen LogP contribution in [0.15, 0.2) is 24.3 Å². The Hall–Kier alpha value is -1.95. The topological polar surface area (TPSA) is 98.2 Å². The Kier molecular flexibility index (Phi) is 4.04. The molecule has 1 aromatic carbocycles. The Morgan fingerprint density at radius 2 is 1.90 bits per heavy atom. The number of primary amides is 1. The van der Waals surface area contributed by atoms with E-state index >= 15 is 0 Å². The highest BCUT2D eigenvalue weighted by Crippen LogP contribution is 2.41. The molecule has 1 atom stereocenters. The molecule has 108 valence electrons. The van der Waals surface area contributed by atoms with E-state index in [1.54, 1.807) is 12.1 Å². The number of rotatable bonds is 5. The maximum atomic E-state index is 13.0. The number of hydrogen-bond donors (Lipinski definition) is 3. The third-order valence-electron chi connectivity index (χ3n) is 3.72. The highest BCUT2D eigenvalue weighted by Gasteiger charge is 2.40. The van der Waals surface area contributed by atoms with Crippen LogP contribution in [-0.2, 0) is 15.1 Å². The van der Waals surface area contributed by atoms with E-state index < -0.39 is 23.4 Å². The van der Waals surface area contributed by atoms with E-state index in [0.717, 1.165) is 24.8 Å². The zero-order chi connectivity index (χ0) is 14.8. The zero-order valence-corrected chi connectivity index (χ0v) is 11.1. The molecule has 0 aliphatic heterocycles. The maximum Gasteiger partial charge on any atom is 0.238 e. The Labute approximate surface area is 116 Å². The summed E-state index contributed by atoms with van der Waals surface area (Å²) in [5.41, 5.74) is 11.0. The van der Waals surface area contributed by atoms with E-state index in [9.17, 15) is 14.0 Å². The van der Waals surface area contributed by atoms with Gasteiger partial charge in [0.15, 0.2) is 0 Å². The second-order valence-electron chi connectivity index (χ2n) is 5.21. The van der Waals surface area contributed by atoms with E-state index in [0.29, 0.717) is 0 Å². The molecule has 0 bridgehead atoms. The predicted octanol–water partition coefficient (Wildman–Crippen LogP) is 0.524. The summed E-state index contributed by atoms with van der Waals surface area (Å²) in [6.07, 6.45) is 2.33. The summed E-state index contributed by atoms with van der Waals surface area (Å²) in [6.45, 7) is 0. The summed E-state index contributed by atoms with van der Waals surface area (Å²) < 4.78 is 13.0. The third-order valence-corrected chi connectivity index (χ3v) is 3.72. The van der Waals surface area contributed by atoms with E-state index in [1.165, 1.54) is 12.1 Å². The van der Waals surface area contributed by atoms with Crippen molar-refractivity contribution in [1.29, 1.82) is 0 Å². The van der Waals surface area contributed by atoms with Gasteiger partial charge < -0.3 is 16.8 Å². The van der Waals surface area contributed by atoms with E-state index in [-0.39, 0.29) is 12.2 Å². The van der Waals surface area contributed by atoms with E-state index in [2.05, 4.69) is 5.32 Å². The second-order valence-corrected chi connectivity index (χ2v) is 5.21. The van der Waals surface area contributed by atoms with Gasteiger partial charge in [0.1, 0.15) is 5.82 Å². The molecule has 1 aromatic rings. The Morgan fingerprint density at radius 3 is 2.35 bits per heavy atom. The van der Waals surface area contributed by atoms with Crippen molar-refractivity contribution in [2.45, 2.75) is 37.3 Å². The van der Waals surface area contributed by atoms with Gasteiger partial charge in [-0.25, -0.2) is 4.39 Å². The minimum Gasteiger partial charge on any atom is -0.370 e. The molecule has 5 nitrogen and oxygen atoms in total. The number of amides is 2. The first-order chi connectivity index (χ1) is 9.43. The molecule has 1 saturated carbocycles. The van der Waals surface area contributed by atoms with E-state index in [4.69, 9.17) is 11.5 Å². The summed E-state index contributed by atoms with van der Waals surface area (Å²) in [5.74, 6) is -1.34. The van der Waals surface area contributed by atoms with Gasteiger partial charge in [-0.2, -0.15) is 0 Å². The third kappa shape index (κ3) is 2.96. The Bertz CT molecular complexity index is 512. The van der Waals surface area contributed by atoms with Crippen LogP contribution in [0.5, 0.6) is 0 Å². The highest BCUT2D eigenvalue weighted by atomic mass is 19.1. The maximum absolute atomic E-state index is 13.0. The fourth-order valence-corrected chi connectivity index (χ4v) is 2.42. The van der Waals surface area contributed by atoms with Crippen LogP contribution in [0.25, 0.3) is 0 Å². The number of carbonyl (C=O) groups excluding carboxylic acids is 2. The minimum atomic E-state index is -0.953. The molecule has 1 aliphatic rings. The van der Waals surface area contributed by atoms with Crippen LogP contribution in [0.1, 0.15) is 31.2 Å². The van der Waals surface area contributed by atoms with E-state index in [1.807, 2.05) is 0 Å². The molecule has 5 N–H and O–H groups in total. The number of benzene rings is 1. The standard InChI is InChI=1S/C14H18FN3O2/c15-10-4-2-9(3-5-10)14(6-1-7-14)18-13(20)11(16)8-12(17)19/h2-5,11H,1,6-8,16H2,(H2,17,19)(H,18,20)/t11-/m0/s1. The highest BCUT2D eigenvalue weighted by molar-refractivity contribution is 5.88. The zero-order valence-electron chi connectivity index (χ0n) is 11.1. The van der Waals surface area contributed by atoms with Crippen LogP contribution in [0.4, 0.5) is 4.39 Å². The smallest absolute Gasteiger partial charge is 0.238 e. The van der Waals surface area contributed by atoms with Gasteiger partial charge in [-0.15, -0.1) is 0 Å².